The average molecular weight is 810 g/mol. The fourth-order valence-electron chi connectivity index (χ4n) is 8.39. The summed E-state index contributed by atoms with van der Waals surface area (Å²) >= 11 is 0. The van der Waals surface area contributed by atoms with E-state index in [-0.39, 0.29) is 0 Å². The van der Waals surface area contributed by atoms with Crippen LogP contribution in [0.5, 0.6) is 0 Å². The van der Waals surface area contributed by atoms with Gasteiger partial charge in [-0.3, -0.25) is 0 Å². The molecule has 1 aliphatic rings. The molecule has 63 heavy (non-hydrogen) atoms. The largest absolute Gasteiger partial charge is 0.248 e. The number of terminal acetylenes is 1. The zero-order chi connectivity index (χ0) is 43.4. The summed E-state index contributed by atoms with van der Waals surface area (Å²) < 4.78 is 0. The van der Waals surface area contributed by atoms with Gasteiger partial charge in [0.2, 0.25) is 0 Å². The van der Waals surface area contributed by atoms with Gasteiger partial charge in [0.1, 0.15) is 0 Å². The molecule has 1 unspecified atom stereocenters. The van der Waals surface area contributed by atoms with E-state index >= 15 is 0 Å². The van der Waals surface area contributed by atoms with Crippen LogP contribution in [0.2, 0.25) is 0 Å². The SMILES string of the molecule is C#C/C(=C\C=C)Cc1cccc(-c2cccc(-c3ccccc3-c3cc(-c4ccccc4-c4cccc(-c5cccc(C6C=CC=CCC6)c5)c4)cc(C(=C)/C=C\C=C/C)n3)c2)c1. The third-order valence-electron chi connectivity index (χ3n) is 11.6. The van der Waals surface area contributed by atoms with Crippen molar-refractivity contribution in [2.24, 2.45) is 0 Å². The first-order chi connectivity index (χ1) is 31.0. The molecule has 1 atom stereocenters. The lowest BCUT2D eigenvalue weighted by molar-refractivity contribution is 0.756. The first kappa shape index (κ1) is 41.9. The van der Waals surface area contributed by atoms with Gasteiger partial charge in [0.15, 0.2) is 0 Å². The van der Waals surface area contributed by atoms with Crippen LogP contribution in [0.15, 0.2) is 237 Å². The zero-order valence-corrected chi connectivity index (χ0v) is 35.9. The second kappa shape index (κ2) is 20.2. The number of allylic oxidation sites excluding steroid dienone is 12. The minimum Gasteiger partial charge on any atom is -0.248 e. The monoisotopic (exact) mass is 809 g/mol. The Kier molecular flexibility index (Phi) is 13.4. The lowest BCUT2D eigenvalue weighted by Gasteiger charge is -2.17. The van der Waals surface area contributed by atoms with Gasteiger partial charge in [0, 0.05) is 23.5 Å². The maximum absolute atomic E-state index is 5.80. The molecule has 304 valence electrons. The first-order valence-electron chi connectivity index (χ1n) is 21.7. The summed E-state index contributed by atoms with van der Waals surface area (Å²) in [4.78, 5) is 5.33. The minimum absolute atomic E-state index is 0.409. The highest BCUT2D eigenvalue weighted by Gasteiger charge is 2.17. The molecule has 1 heterocycles. The molecule has 0 spiro atoms. The van der Waals surface area contributed by atoms with Gasteiger partial charge >= 0.3 is 0 Å². The Bertz CT molecular complexity index is 2990. The number of aromatic nitrogens is 1. The lowest BCUT2D eigenvalue weighted by Crippen LogP contribution is -1.96. The molecule has 1 heteroatoms. The summed E-state index contributed by atoms with van der Waals surface area (Å²) in [6, 6.07) is 57.0. The fourth-order valence-corrected chi connectivity index (χ4v) is 8.39. The van der Waals surface area contributed by atoms with E-state index in [0.29, 0.717) is 12.3 Å². The van der Waals surface area contributed by atoms with E-state index < -0.39 is 0 Å². The number of hydrogen-bond acceptors (Lipinski definition) is 1. The lowest BCUT2D eigenvalue weighted by atomic mass is 9.89. The second-order valence-corrected chi connectivity index (χ2v) is 15.9. The van der Waals surface area contributed by atoms with E-state index in [1.165, 1.54) is 16.7 Å². The highest BCUT2D eigenvalue weighted by Crippen LogP contribution is 2.40. The van der Waals surface area contributed by atoms with E-state index in [0.717, 1.165) is 91.0 Å². The number of rotatable bonds is 13. The van der Waals surface area contributed by atoms with E-state index in [1.807, 2.05) is 37.3 Å². The van der Waals surface area contributed by atoms with Crippen molar-refractivity contribution in [3.05, 3.63) is 254 Å². The molecule has 0 N–H and O–H groups in total. The molecule has 6 aromatic carbocycles. The average Bonchev–Trinajstić information content (AvgIpc) is 3.64. The van der Waals surface area contributed by atoms with Crippen molar-refractivity contribution in [2.45, 2.75) is 32.1 Å². The molecule has 1 aliphatic carbocycles. The summed E-state index contributed by atoms with van der Waals surface area (Å²) in [6.45, 7) is 10.3. The van der Waals surface area contributed by atoms with Crippen LogP contribution in [0.1, 0.15) is 42.5 Å². The normalized spacial score (nSPS) is 13.8. The predicted molar refractivity (Wildman–Crippen MR) is 271 cm³/mol. The summed E-state index contributed by atoms with van der Waals surface area (Å²) in [7, 11) is 0. The molecule has 0 fully saturated rings. The van der Waals surface area contributed by atoms with Crippen molar-refractivity contribution in [3.63, 3.8) is 0 Å². The van der Waals surface area contributed by atoms with Crippen LogP contribution in [0.25, 0.3) is 72.5 Å². The number of hydrogen-bond donors (Lipinski definition) is 0. The molecule has 0 aliphatic heterocycles. The molecule has 0 saturated heterocycles. The number of pyridine rings is 1. The van der Waals surface area contributed by atoms with Gasteiger partial charge in [-0.2, -0.15) is 0 Å². The van der Waals surface area contributed by atoms with Gasteiger partial charge in [-0.15, -0.1) is 6.42 Å². The highest BCUT2D eigenvalue weighted by molar-refractivity contribution is 5.91. The van der Waals surface area contributed by atoms with Crippen LogP contribution in [-0.4, -0.2) is 4.98 Å². The van der Waals surface area contributed by atoms with E-state index in [1.54, 1.807) is 6.08 Å². The van der Waals surface area contributed by atoms with Crippen molar-refractivity contribution in [3.8, 4) is 79.2 Å². The Morgan fingerprint density at radius 1 is 0.651 bits per heavy atom. The Morgan fingerprint density at radius 3 is 1.94 bits per heavy atom. The second-order valence-electron chi connectivity index (χ2n) is 15.9. The Hall–Kier alpha value is -7.79. The maximum atomic E-state index is 5.80. The smallest absolute Gasteiger partial charge is 0.0721 e. The summed E-state index contributed by atoms with van der Waals surface area (Å²) in [6.07, 6.45) is 29.3. The van der Waals surface area contributed by atoms with Crippen molar-refractivity contribution in [2.75, 3.05) is 0 Å². The van der Waals surface area contributed by atoms with Crippen molar-refractivity contribution >= 4 is 5.57 Å². The zero-order valence-electron chi connectivity index (χ0n) is 35.9. The summed E-state index contributed by atoms with van der Waals surface area (Å²) in [5.41, 5.74) is 18.4. The number of nitrogens with zero attached hydrogens (tertiary/aromatic N) is 1. The van der Waals surface area contributed by atoms with Crippen molar-refractivity contribution in [1.29, 1.82) is 0 Å². The van der Waals surface area contributed by atoms with E-state index in [9.17, 15) is 0 Å². The van der Waals surface area contributed by atoms with Gasteiger partial charge in [-0.25, -0.2) is 4.98 Å². The Labute approximate surface area is 374 Å². The van der Waals surface area contributed by atoms with Crippen LogP contribution < -0.4 is 0 Å². The highest BCUT2D eigenvalue weighted by atomic mass is 14.7. The van der Waals surface area contributed by atoms with Gasteiger partial charge in [-0.1, -0.05) is 213 Å². The van der Waals surface area contributed by atoms with Crippen LogP contribution in [0.4, 0.5) is 0 Å². The fraction of sp³-hybridized carbons (Fsp3) is 0.0806. The third-order valence-corrected chi connectivity index (χ3v) is 11.6. The molecular formula is C62H51N. The molecular weight excluding hydrogens is 759 g/mol. The number of benzene rings is 6. The molecule has 1 nitrogen and oxygen atoms in total. The van der Waals surface area contributed by atoms with E-state index in [2.05, 4.69) is 201 Å². The molecule has 0 saturated carbocycles. The van der Waals surface area contributed by atoms with Crippen LogP contribution in [-0.2, 0) is 6.42 Å². The Morgan fingerprint density at radius 2 is 1.25 bits per heavy atom. The summed E-state index contributed by atoms with van der Waals surface area (Å²) in [5, 5.41) is 0. The predicted octanol–water partition coefficient (Wildman–Crippen LogP) is 16.5. The van der Waals surface area contributed by atoms with Gasteiger partial charge in [0.05, 0.1) is 11.4 Å². The van der Waals surface area contributed by atoms with Crippen LogP contribution >= 0.6 is 0 Å². The maximum Gasteiger partial charge on any atom is 0.0721 e. The molecule has 8 rings (SSSR count). The van der Waals surface area contributed by atoms with Crippen molar-refractivity contribution < 1.29 is 0 Å². The minimum atomic E-state index is 0.409. The third kappa shape index (κ3) is 10.1. The van der Waals surface area contributed by atoms with Gasteiger partial charge in [-0.05, 0) is 116 Å². The topological polar surface area (TPSA) is 12.9 Å². The summed E-state index contributed by atoms with van der Waals surface area (Å²) in [5.74, 6) is 3.21. The molecule has 0 radical (unpaired) electrons. The van der Waals surface area contributed by atoms with Gasteiger partial charge in [0.25, 0.3) is 0 Å². The van der Waals surface area contributed by atoms with Crippen LogP contribution in [0, 0.1) is 12.3 Å². The molecule has 1 aromatic heterocycles. The first-order valence-corrected chi connectivity index (χ1v) is 21.7. The molecule has 0 amide bonds. The van der Waals surface area contributed by atoms with Gasteiger partial charge < -0.3 is 0 Å². The standard InChI is InChI=1S/C62H51N/c1-5-8-11-23-45(4)61-43-56(59-36-15-14-34-57(59)54-32-21-31-53(42-54)51-29-19-28-50(40-51)48-25-12-9-10-13-26-48)44-62(63-61)60-37-17-16-35-58(60)55-33-20-30-52(41-55)49-27-18-24-47(39-49)38-46(7-3)22-6-2/h3,5-6,8-12,14-25,27-37,39-44,48H,2,4,13,26,38H2,1H3/b8-5-,23-11-,46-22+. The quantitative estimate of drug-likeness (QED) is 0.0835. The van der Waals surface area contributed by atoms with Crippen molar-refractivity contribution in [1.82, 2.24) is 4.98 Å². The van der Waals surface area contributed by atoms with E-state index in [4.69, 9.17) is 11.4 Å². The molecule has 0 bridgehead atoms. The van der Waals surface area contributed by atoms with Crippen LogP contribution in [0.3, 0.4) is 0 Å². The Balaban J connectivity index is 1.20. The molecule has 7 aromatic rings.